The third kappa shape index (κ3) is 4.84. The van der Waals surface area contributed by atoms with Gasteiger partial charge in [-0.05, 0) is 35.9 Å². The topological polar surface area (TPSA) is 72.2 Å². The lowest BCUT2D eigenvalue weighted by Gasteiger charge is -2.09. The summed E-state index contributed by atoms with van der Waals surface area (Å²) in [5, 5.41) is 2.02. The van der Waals surface area contributed by atoms with Crippen molar-refractivity contribution in [2.24, 2.45) is 5.73 Å². The molecule has 3 N–H and O–H groups in total. The highest BCUT2D eigenvalue weighted by atomic mass is 35.5. The van der Waals surface area contributed by atoms with Gasteiger partial charge in [0.15, 0.2) is 0 Å². The highest BCUT2D eigenvalue weighted by Gasteiger charge is 2.33. The van der Waals surface area contributed by atoms with Gasteiger partial charge in [0.05, 0.1) is 21.8 Å². The normalized spacial score (nSPS) is 11.5. The number of nitrogens with two attached hydrogens (primary N) is 1. The van der Waals surface area contributed by atoms with E-state index in [4.69, 9.17) is 17.3 Å². The minimum absolute atomic E-state index is 0.120. The van der Waals surface area contributed by atoms with E-state index in [0.29, 0.717) is 0 Å². The van der Waals surface area contributed by atoms with E-state index >= 15 is 0 Å². The van der Waals surface area contributed by atoms with Crippen molar-refractivity contribution < 1.29 is 22.8 Å². The molecular formula is C17H12ClF3N2O2. The molecule has 0 heterocycles. The molecule has 2 aromatic rings. The van der Waals surface area contributed by atoms with Gasteiger partial charge in [-0.3, -0.25) is 9.59 Å². The summed E-state index contributed by atoms with van der Waals surface area (Å²) in [7, 11) is 0. The van der Waals surface area contributed by atoms with Gasteiger partial charge in [-0.1, -0.05) is 29.8 Å². The van der Waals surface area contributed by atoms with E-state index in [1.54, 1.807) is 12.1 Å². The molecule has 0 aromatic heterocycles. The molecule has 130 valence electrons. The van der Waals surface area contributed by atoms with Crippen molar-refractivity contribution in [2.75, 3.05) is 5.32 Å². The van der Waals surface area contributed by atoms with E-state index in [2.05, 4.69) is 5.32 Å². The SMILES string of the molecule is NC(=O)c1ccccc1NC(=O)/C=C/c1ccc(Cl)c(C(F)(F)F)c1. The molecule has 0 spiro atoms. The maximum Gasteiger partial charge on any atom is 0.417 e. The molecule has 0 saturated carbocycles. The number of primary amides is 1. The quantitative estimate of drug-likeness (QED) is 0.797. The van der Waals surface area contributed by atoms with Gasteiger partial charge in [0.2, 0.25) is 5.91 Å². The zero-order valence-electron chi connectivity index (χ0n) is 12.6. The first-order valence-electron chi connectivity index (χ1n) is 6.93. The smallest absolute Gasteiger partial charge is 0.366 e. The first-order chi connectivity index (χ1) is 11.7. The van der Waals surface area contributed by atoms with Crippen LogP contribution in [0.1, 0.15) is 21.5 Å². The third-order valence-corrected chi connectivity index (χ3v) is 3.50. The number of para-hydroxylation sites is 1. The number of hydrogen-bond acceptors (Lipinski definition) is 2. The first kappa shape index (κ1) is 18.5. The molecule has 0 atom stereocenters. The Hall–Kier alpha value is -2.80. The molecule has 25 heavy (non-hydrogen) atoms. The fraction of sp³-hybridized carbons (Fsp3) is 0.0588. The van der Waals surface area contributed by atoms with E-state index in [0.717, 1.165) is 18.2 Å². The molecule has 0 aliphatic carbocycles. The van der Waals surface area contributed by atoms with Crippen LogP contribution in [0.2, 0.25) is 5.02 Å². The van der Waals surface area contributed by atoms with Gasteiger partial charge < -0.3 is 11.1 Å². The second kappa shape index (κ2) is 7.40. The molecule has 8 heteroatoms. The van der Waals surface area contributed by atoms with Gasteiger partial charge in [0, 0.05) is 6.08 Å². The first-order valence-corrected chi connectivity index (χ1v) is 7.31. The van der Waals surface area contributed by atoms with Gasteiger partial charge in [-0.15, -0.1) is 0 Å². The summed E-state index contributed by atoms with van der Waals surface area (Å²) in [6.07, 6.45) is -2.35. The van der Waals surface area contributed by atoms with E-state index in [1.807, 2.05) is 0 Å². The highest BCUT2D eigenvalue weighted by molar-refractivity contribution is 6.31. The Labute approximate surface area is 146 Å². The van der Waals surface area contributed by atoms with Crippen LogP contribution in [0.15, 0.2) is 48.5 Å². The molecule has 4 nitrogen and oxygen atoms in total. The van der Waals surface area contributed by atoms with Gasteiger partial charge in [0.1, 0.15) is 0 Å². The maximum atomic E-state index is 12.8. The standard InChI is InChI=1S/C17H12ClF3N2O2/c18-13-7-5-10(9-12(13)17(19,20)21)6-8-15(24)23-14-4-2-1-3-11(14)16(22)25/h1-9H,(H2,22,25)(H,23,24)/b8-6+. The summed E-state index contributed by atoms with van der Waals surface area (Å²) in [6.45, 7) is 0. The van der Waals surface area contributed by atoms with Gasteiger partial charge in [-0.25, -0.2) is 0 Å². The van der Waals surface area contributed by atoms with Crippen LogP contribution in [-0.2, 0) is 11.0 Å². The van der Waals surface area contributed by atoms with Crippen molar-refractivity contribution in [3.8, 4) is 0 Å². The summed E-state index contributed by atoms with van der Waals surface area (Å²) in [5.74, 6) is -1.34. The van der Waals surface area contributed by atoms with Gasteiger partial charge >= 0.3 is 6.18 Å². The summed E-state index contributed by atoms with van der Waals surface area (Å²) < 4.78 is 38.4. The fourth-order valence-corrected chi connectivity index (χ4v) is 2.24. The summed E-state index contributed by atoms with van der Waals surface area (Å²) in [5.41, 5.74) is 4.68. The number of carbonyl (C=O) groups is 2. The number of anilines is 1. The largest absolute Gasteiger partial charge is 0.417 e. The Bertz CT molecular complexity index is 848. The molecule has 0 fully saturated rings. The lowest BCUT2D eigenvalue weighted by atomic mass is 10.1. The Morgan fingerprint density at radius 1 is 1.12 bits per heavy atom. The van der Waals surface area contributed by atoms with Crippen molar-refractivity contribution >= 4 is 35.2 Å². The maximum absolute atomic E-state index is 12.8. The predicted molar refractivity (Wildman–Crippen MR) is 89.1 cm³/mol. The molecule has 2 amide bonds. The van der Waals surface area contributed by atoms with Crippen LogP contribution in [0.25, 0.3) is 6.08 Å². The van der Waals surface area contributed by atoms with Crippen molar-refractivity contribution in [3.05, 3.63) is 70.3 Å². The van der Waals surface area contributed by atoms with Crippen molar-refractivity contribution in [3.63, 3.8) is 0 Å². The van der Waals surface area contributed by atoms with E-state index < -0.39 is 28.6 Å². The molecule has 0 aliphatic rings. The zero-order valence-corrected chi connectivity index (χ0v) is 13.4. The minimum Gasteiger partial charge on any atom is -0.366 e. The number of amides is 2. The number of halogens is 4. The number of alkyl halides is 3. The molecule has 0 unspecified atom stereocenters. The molecule has 0 bridgehead atoms. The summed E-state index contributed by atoms with van der Waals surface area (Å²) >= 11 is 5.53. The second-order valence-corrected chi connectivity index (χ2v) is 5.38. The van der Waals surface area contributed by atoms with Crippen LogP contribution in [0.5, 0.6) is 0 Å². The minimum atomic E-state index is -4.59. The predicted octanol–water partition coefficient (Wildman–Crippen LogP) is 4.11. The Morgan fingerprint density at radius 2 is 1.80 bits per heavy atom. The Balaban J connectivity index is 2.18. The van der Waals surface area contributed by atoms with Crippen LogP contribution in [0.3, 0.4) is 0 Å². The van der Waals surface area contributed by atoms with Crippen molar-refractivity contribution in [1.82, 2.24) is 0 Å². The molecule has 0 saturated heterocycles. The number of carbonyl (C=O) groups excluding carboxylic acids is 2. The van der Waals surface area contributed by atoms with Crippen LogP contribution in [0.4, 0.5) is 18.9 Å². The van der Waals surface area contributed by atoms with E-state index in [9.17, 15) is 22.8 Å². The van der Waals surface area contributed by atoms with Gasteiger partial charge in [-0.2, -0.15) is 13.2 Å². The number of rotatable bonds is 4. The molecule has 0 aliphatic heterocycles. The van der Waals surface area contributed by atoms with Crippen molar-refractivity contribution in [1.29, 1.82) is 0 Å². The number of hydrogen-bond donors (Lipinski definition) is 2. The highest BCUT2D eigenvalue weighted by Crippen LogP contribution is 2.35. The monoisotopic (exact) mass is 368 g/mol. The van der Waals surface area contributed by atoms with Crippen LogP contribution in [-0.4, -0.2) is 11.8 Å². The molecule has 2 rings (SSSR count). The molecule has 0 radical (unpaired) electrons. The average molecular weight is 369 g/mol. The van der Waals surface area contributed by atoms with Crippen LogP contribution >= 0.6 is 11.6 Å². The lowest BCUT2D eigenvalue weighted by Crippen LogP contribution is -2.16. The van der Waals surface area contributed by atoms with Crippen LogP contribution in [0, 0.1) is 0 Å². The second-order valence-electron chi connectivity index (χ2n) is 4.97. The average Bonchev–Trinajstić information content (AvgIpc) is 2.53. The van der Waals surface area contributed by atoms with Crippen LogP contribution < -0.4 is 11.1 Å². The molecular weight excluding hydrogens is 357 g/mol. The van der Waals surface area contributed by atoms with E-state index in [1.165, 1.54) is 24.3 Å². The summed E-state index contributed by atoms with van der Waals surface area (Å²) in [4.78, 5) is 23.2. The Kier molecular flexibility index (Phi) is 5.48. The van der Waals surface area contributed by atoms with Crippen molar-refractivity contribution in [2.45, 2.75) is 6.18 Å². The molecule has 2 aromatic carbocycles. The van der Waals surface area contributed by atoms with E-state index in [-0.39, 0.29) is 16.8 Å². The summed E-state index contributed by atoms with van der Waals surface area (Å²) in [6, 6.07) is 9.39. The number of nitrogens with one attached hydrogen (secondary N) is 1. The number of benzene rings is 2. The third-order valence-electron chi connectivity index (χ3n) is 3.17. The zero-order chi connectivity index (χ0) is 18.6. The fourth-order valence-electron chi connectivity index (χ4n) is 2.02. The lowest BCUT2D eigenvalue weighted by molar-refractivity contribution is -0.137. The van der Waals surface area contributed by atoms with Gasteiger partial charge in [0.25, 0.3) is 5.91 Å². The Morgan fingerprint density at radius 3 is 2.44 bits per heavy atom.